The molecule has 0 saturated carbocycles. The van der Waals surface area contributed by atoms with E-state index >= 15 is 0 Å². The van der Waals surface area contributed by atoms with Crippen molar-refractivity contribution >= 4 is 5.96 Å². The third-order valence-electron chi connectivity index (χ3n) is 3.11. The van der Waals surface area contributed by atoms with E-state index in [1.165, 1.54) is 6.07 Å². The van der Waals surface area contributed by atoms with E-state index < -0.39 is 11.5 Å². The number of nitrogens with one attached hydrogen (secondary N) is 2. The highest BCUT2D eigenvalue weighted by Gasteiger charge is 2.42. The molecule has 0 spiro atoms. The molecule has 0 fully saturated rings. The molecule has 2 aliphatic heterocycles. The molecule has 5 nitrogen and oxygen atoms in total. The summed E-state index contributed by atoms with van der Waals surface area (Å²) >= 11 is 0. The lowest BCUT2D eigenvalue weighted by Crippen LogP contribution is -2.59. The number of nitriles is 1. The maximum Gasteiger partial charge on any atom is 0.208 e. The molecule has 92 valence electrons. The fourth-order valence-electron chi connectivity index (χ4n) is 2.39. The number of aliphatic imine (C=N–C) groups is 1. The maximum atomic E-state index is 13.7. The standard InChI is InChI=1S/C12H11FN4O/c1-12-5-9(16-11(17-12)15-6-14)7-3-2-4-8(13)10(7)18-12/h2-4,9H,5H2,1H3,(H2,15,16,17). The van der Waals surface area contributed by atoms with Gasteiger partial charge in [-0.15, -0.1) is 0 Å². The second kappa shape index (κ2) is 3.60. The van der Waals surface area contributed by atoms with Crippen LogP contribution in [0.2, 0.25) is 0 Å². The Kier molecular flexibility index (Phi) is 2.17. The van der Waals surface area contributed by atoms with Crippen molar-refractivity contribution < 1.29 is 9.13 Å². The van der Waals surface area contributed by atoms with Gasteiger partial charge in [-0.1, -0.05) is 12.1 Å². The monoisotopic (exact) mass is 246 g/mol. The second-order valence-corrected chi connectivity index (χ2v) is 4.55. The molecule has 2 atom stereocenters. The molecule has 2 bridgehead atoms. The van der Waals surface area contributed by atoms with Gasteiger partial charge in [0.25, 0.3) is 0 Å². The maximum absolute atomic E-state index is 13.7. The van der Waals surface area contributed by atoms with Gasteiger partial charge in [0.1, 0.15) is 0 Å². The fraction of sp³-hybridized carbons (Fsp3) is 0.333. The fourth-order valence-corrected chi connectivity index (χ4v) is 2.39. The molecule has 2 aliphatic rings. The van der Waals surface area contributed by atoms with E-state index in [1.807, 2.05) is 6.92 Å². The van der Waals surface area contributed by atoms with Gasteiger partial charge in [0.2, 0.25) is 5.96 Å². The lowest BCUT2D eigenvalue weighted by Gasteiger charge is -2.42. The highest BCUT2D eigenvalue weighted by atomic mass is 19.1. The number of hydrogen-bond acceptors (Lipinski definition) is 5. The molecule has 6 heteroatoms. The van der Waals surface area contributed by atoms with E-state index in [2.05, 4.69) is 15.6 Å². The predicted molar refractivity (Wildman–Crippen MR) is 62.1 cm³/mol. The molecule has 18 heavy (non-hydrogen) atoms. The van der Waals surface area contributed by atoms with Crippen LogP contribution >= 0.6 is 0 Å². The minimum Gasteiger partial charge on any atom is -0.465 e. The summed E-state index contributed by atoms with van der Waals surface area (Å²) in [5.41, 5.74) is -0.0351. The second-order valence-electron chi connectivity index (χ2n) is 4.55. The average molecular weight is 246 g/mol. The van der Waals surface area contributed by atoms with Gasteiger partial charge in [0.05, 0.1) is 6.04 Å². The number of para-hydroxylation sites is 1. The zero-order chi connectivity index (χ0) is 12.8. The summed E-state index contributed by atoms with van der Waals surface area (Å²) in [5, 5.41) is 14.0. The number of rotatable bonds is 0. The Morgan fingerprint density at radius 2 is 2.50 bits per heavy atom. The highest BCUT2D eigenvalue weighted by molar-refractivity contribution is 5.83. The molecular formula is C12H11FN4O. The number of ether oxygens (including phenoxy) is 1. The summed E-state index contributed by atoms with van der Waals surface area (Å²) in [5.74, 6) is 0.201. The van der Waals surface area contributed by atoms with Gasteiger partial charge in [-0.2, -0.15) is 5.26 Å². The predicted octanol–water partition coefficient (Wildman–Crippen LogP) is 1.40. The van der Waals surface area contributed by atoms with E-state index in [0.29, 0.717) is 17.9 Å². The first-order valence-electron chi connectivity index (χ1n) is 5.60. The van der Waals surface area contributed by atoms with Gasteiger partial charge in [-0.3, -0.25) is 5.32 Å². The first-order chi connectivity index (χ1) is 8.61. The molecule has 0 aromatic heterocycles. The van der Waals surface area contributed by atoms with Gasteiger partial charge < -0.3 is 10.1 Å². The van der Waals surface area contributed by atoms with Gasteiger partial charge in [-0.05, 0) is 13.0 Å². The van der Waals surface area contributed by atoms with Crippen LogP contribution in [0.4, 0.5) is 4.39 Å². The number of halogens is 1. The third-order valence-corrected chi connectivity index (χ3v) is 3.11. The van der Waals surface area contributed by atoms with Crippen molar-refractivity contribution in [2.45, 2.75) is 25.1 Å². The third kappa shape index (κ3) is 1.56. The van der Waals surface area contributed by atoms with Gasteiger partial charge in [-0.25, -0.2) is 9.38 Å². The van der Waals surface area contributed by atoms with E-state index in [-0.39, 0.29) is 11.8 Å². The summed E-state index contributed by atoms with van der Waals surface area (Å²) in [4.78, 5) is 4.34. The van der Waals surface area contributed by atoms with Crippen LogP contribution in [0.3, 0.4) is 0 Å². The van der Waals surface area contributed by atoms with Crippen LogP contribution in [-0.2, 0) is 0 Å². The molecule has 2 heterocycles. The quantitative estimate of drug-likeness (QED) is 0.536. The molecule has 0 saturated heterocycles. The van der Waals surface area contributed by atoms with E-state index in [4.69, 9.17) is 10.00 Å². The molecule has 0 aliphatic carbocycles. The normalized spacial score (nSPS) is 28.1. The van der Waals surface area contributed by atoms with Crippen molar-refractivity contribution in [1.82, 2.24) is 10.6 Å². The first-order valence-corrected chi connectivity index (χ1v) is 5.60. The van der Waals surface area contributed by atoms with Gasteiger partial charge in [0, 0.05) is 12.0 Å². The minimum atomic E-state index is -0.749. The van der Waals surface area contributed by atoms with Crippen LogP contribution in [-0.4, -0.2) is 11.7 Å². The molecule has 0 radical (unpaired) electrons. The van der Waals surface area contributed by atoms with Crippen molar-refractivity contribution in [1.29, 1.82) is 5.26 Å². The Bertz CT molecular complexity index is 580. The molecule has 2 N–H and O–H groups in total. The first kappa shape index (κ1) is 10.8. The Morgan fingerprint density at radius 1 is 1.67 bits per heavy atom. The number of nitrogens with zero attached hydrogens (tertiary/aromatic N) is 2. The Hall–Kier alpha value is -2.29. The van der Waals surface area contributed by atoms with E-state index in [1.54, 1.807) is 18.3 Å². The van der Waals surface area contributed by atoms with Gasteiger partial charge >= 0.3 is 0 Å². The minimum absolute atomic E-state index is 0.202. The molecular weight excluding hydrogens is 235 g/mol. The lowest BCUT2D eigenvalue weighted by atomic mass is 9.92. The zero-order valence-electron chi connectivity index (χ0n) is 9.70. The van der Waals surface area contributed by atoms with E-state index in [0.717, 1.165) is 0 Å². The van der Waals surface area contributed by atoms with Gasteiger partial charge in [0.15, 0.2) is 23.5 Å². The lowest BCUT2D eigenvalue weighted by molar-refractivity contribution is 0.0273. The zero-order valence-corrected chi connectivity index (χ0v) is 9.70. The van der Waals surface area contributed by atoms with Crippen LogP contribution < -0.4 is 15.4 Å². The Balaban J connectivity index is 2.10. The molecule has 2 unspecified atom stereocenters. The van der Waals surface area contributed by atoms with Crippen molar-refractivity contribution in [3.05, 3.63) is 29.6 Å². The van der Waals surface area contributed by atoms with Crippen LogP contribution in [0.1, 0.15) is 24.9 Å². The smallest absolute Gasteiger partial charge is 0.208 e. The van der Waals surface area contributed by atoms with Crippen molar-refractivity contribution in [3.63, 3.8) is 0 Å². The van der Waals surface area contributed by atoms with Crippen molar-refractivity contribution in [3.8, 4) is 11.9 Å². The SMILES string of the molecule is CC12CC(N=C(NC#N)N1)c1cccc(F)c1O2. The Morgan fingerprint density at radius 3 is 3.28 bits per heavy atom. The van der Waals surface area contributed by atoms with Crippen LogP contribution in [0.5, 0.6) is 5.75 Å². The summed E-state index contributed by atoms with van der Waals surface area (Å²) in [6.45, 7) is 1.81. The number of fused-ring (bicyclic) bond motifs is 4. The summed E-state index contributed by atoms with van der Waals surface area (Å²) in [7, 11) is 0. The summed E-state index contributed by atoms with van der Waals surface area (Å²) in [6.07, 6.45) is 2.40. The molecule has 1 aromatic carbocycles. The topological polar surface area (TPSA) is 69.4 Å². The largest absolute Gasteiger partial charge is 0.465 e. The summed E-state index contributed by atoms with van der Waals surface area (Å²) in [6, 6.07) is 4.59. The van der Waals surface area contributed by atoms with Crippen molar-refractivity contribution in [2.24, 2.45) is 4.99 Å². The molecule has 0 amide bonds. The summed E-state index contributed by atoms with van der Waals surface area (Å²) < 4.78 is 19.4. The number of guanidine groups is 1. The van der Waals surface area contributed by atoms with Crippen LogP contribution in [0.25, 0.3) is 0 Å². The average Bonchev–Trinajstić information content (AvgIpc) is 2.30. The molecule has 3 rings (SSSR count). The number of benzene rings is 1. The Labute approximate surface area is 103 Å². The van der Waals surface area contributed by atoms with E-state index in [9.17, 15) is 4.39 Å². The highest BCUT2D eigenvalue weighted by Crippen LogP contribution is 2.43. The van der Waals surface area contributed by atoms with Crippen molar-refractivity contribution in [2.75, 3.05) is 0 Å². The van der Waals surface area contributed by atoms with Crippen LogP contribution in [0, 0.1) is 17.3 Å². The molecule has 1 aromatic rings. The number of hydrogen-bond donors (Lipinski definition) is 2. The van der Waals surface area contributed by atoms with Crippen LogP contribution in [0.15, 0.2) is 23.2 Å².